The minimum Gasteiger partial charge on any atom is -0.493 e. The summed E-state index contributed by atoms with van der Waals surface area (Å²) in [6.07, 6.45) is 0.721. The molecule has 0 aliphatic rings. The highest BCUT2D eigenvalue weighted by Crippen LogP contribution is 2.29. The number of methoxy groups -OCH3 is 2. The maximum absolute atomic E-state index is 9.99. The van der Waals surface area contributed by atoms with E-state index in [1.165, 1.54) is 0 Å². The summed E-state index contributed by atoms with van der Waals surface area (Å²) in [5, 5.41) is 13.3. The van der Waals surface area contributed by atoms with Crippen LogP contribution in [0.4, 0.5) is 0 Å². The van der Waals surface area contributed by atoms with Gasteiger partial charge in [-0.2, -0.15) is 0 Å². The Bertz CT molecular complexity index is 404. The molecule has 2 unspecified atom stereocenters. The van der Waals surface area contributed by atoms with Crippen molar-refractivity contribution in [2.24, 2.45) is 0 Å². The zero-order valence-electron chi connectivity index (χ0n) is 12.5. The molecule has 0 spiro atoms. The van der Waals surface area contributed by atoms with E-state index in [1.54, 1.807) is 14.2 Å². The van der Waals surface area contributed by atoms with Gasteiger partial charge in [0, 0.05) is 12.6 Å². The SMILES string of the molecule is CCC(C)(O)CNC(C)c1ccc(OC)c(OC)c1. The van der Waals surface area contributed by atoms with Crippen molar-refractivity contribution in [2.45, 2.75) is 38.8 Å². The lowest BCUT2D eigenvalue weighted by molar-refractivity contribution is 0.0533. The van der Waals surface area contributed by atoms with Crippen LogP contribution in [-0.2, 0) is 0 Å². The largest absolute Gasteiger partial charge is 0.493 e. The second-order valence-corrected chi connectivity index (χ2v) is 5.07. The highest BCUT2D eigenvalue weighted by molar-refractivity contribution is 5.43. The molecule has 4 nitrogen and oxygen atoms in total. The Morgan fingerprint density at radius 3 is 2.42 bits per heavy atom. The molecule has 0 saturated heterocycles. The van der Waals surface area contributed by atoms with Crippen molar-refractivity contribution in [3.05, 3.63) is 23.8 Å². The average molecular weight is 267 g/mol. The quantitative estimate of drug-likeness (QED) is 0.797. The predicted molar refractivity (Wildman–Crippen MR) is 76.9 cm³/mol. The number of hydrogen-bond acceptors (Lipinski definition) is 4. The second kappa shape index (κ2) is 6.78. The van der Waals surface area contributed by atoms with Crippen LogP contribution in [0.2, 0.25) is 0 Å². The topological polar surface area (TPSA) is 50.7 Å². The Balaban J connectivity index is 2.74. The highest BCUT2D eigenvalue weighted by atomic mass is 16.5. The summed E-state index contributed by atoms with van der Waals surface area (Å²) in [5.74, 6) is 1.44. The molecular weight excluding hydrogens is 242 g/mol. The number of aliphatic hydroxyl groups is 1. The molecule has 1 aromatic rings. The van der Waals surface area contributed by atoms with Gasteiger partial charge in [-0.3, -0.25) is 0 Å². The highest BCUT2D eigenvalue weighted by Gasteiger charge is 2.19. The second-order valence-electron chi connectivity index (χ2n) is 5.07. The molecule has 1 aromatic carbocycles. The van der Waals surface area contributed by atoms with E-state index in [1.807, 2.05) is 32.0 Å². The number of rotatable bonds is 7. The van der Waals surface area contributed by atoms with Crippen molar-refractivity contribution in [2.75, 3.05) is 20.8 Å². The first-order valence-electron chi connectivity index (χ1n) is 6.61. The summed E-state index contributed by atoms with van der Waals surface area (Å²) < 4.78 is 10.5. The number of nitrogens with one attached hydrogen (secondary N) is 1. The standard InChI is InChI=1S/C15H25NO3/c1-6-15(3,17)10-16-11(2)12-7-8-13(18-4)14(9-12)19-5/h7-9,11,16-17H,6,10H2,1-5H3. The van der Waals surface area contributed by atoms with Crippen LogP contribution in [0.15, 0.2) is 18.2 Å². The molecule has 108 valence electrons. The smallest absolute Gasteiger partial charge is 0.161 e. The molecule has 0 aromatic heterocycles. The van der Waals surface area contributed by atoms with Crippen LogP contribution in [0.5, 0.6) is 11.5 Å². The van der Waals surface area contributed by atoms with E-state index < -0.39 is 5.60 Å². The van der Waals surface area contributed by atoms with Crippen molar-refractivity contribution >= 4 is 0 Å². The van der Waals surface area contributed by atoms with Gasteiger partial charge in [0.2, 0.25) is 0 Å². The fraction of sp³-hybridized carbons (Fsp3) is 0.600. The molecule has 0 saturated carbocycles. The maximum Gasteiger partial charge on any atom is 0.161 e. The maximum atomic E-state index is 9.99. The molecule has 0 fully saturated rings. The molecule has 2 N–H and O–H groups in total. The van der Waals surface area contributed by atoms with Crippen molar-refractivity contribution in [1.82, 2.24) is 5.32 Å². The van der Waals surface area contributed by atoms with Crippen LogP contribution < -0.4 is 14.8 Å². The van der Waals surface area contributed by atoms with Crippen LogP contribution in [0.25, 0.3) is 0 Å². The third kappa shape index (κ3) is 4.40. The summed E-state index contributed by atoms with van der Waals surface area (Å²) >= 11 is 0. The lowest BCUT2D eigenvalue weighted by Gasteiger charge is -2.25. The van der Waals surface area contributed by atoms with Crippen LogP contribution in [-0.4, -0.2) is 31.5 Å². The van der Waals surface area contributed by atoms with Crippen molar-refractivity contribution in [3.8, 4) is 11.5 Å². The Labute approximate surface area is 115 Å². The molecule has 0 amide bonds. The molecule has 0 aliphatic heterocycles. The van der Waals surface area contributed by atoms with E-state index in [-0.39, 0.29) is 6.04 Å². The predicted octanol–water partition coefficient (Wildman–Crippen LogP) is 2.52. The van der Waals surface area contributed by atoms with E-state index in [9.17, 15) is 5.11 Å². The van der Waals surface area contributed by atoms with Gasteiger partial charge in [-0.1, -0.05) is 13.0 Å². The minimum absolute atomic E-state index is 0.137. The summed E-state index contributed by atoms with van der Waals surface area (Å²) in [5.41, 5.74) is 0.426. The summed E-state index contributed by atoms with van der Waals surface area (Å²) in [6, 6.07) is 5.99. The fourth-order valence-electron chi connectivity index (χ4n) is 1.74. The molecule has 2 atom stereocenters. The Morgan fingerprint density at radius 2 is 1.89 bits per heavy atom. The van der Waals surface area contributed by atoms with E-state index in [4.69, 9.17) is 9.47 Å². The fourth-order valence-corrected chi connectivity index (χ4v) is 1.74. The molecule has 0 radical (unpaired) electrons. The van der Waals surface area contributed by atoms with Gasteiger partial charge in [-0.15, -0.1) is 0 Å². The normalized spacial score (nSPS) is 15.7. The van der Waals surface area contributed by atoms with Crippen molar-refractivity contribution in [1.29, 1.82) is 0 Å². The first-order chi connectivity index (χ1) is 8.93. The summed E-state index contributed by atoms with van der Waals surface area (Å²) in [6.45, 7) is 6.43. The number of ether oxygens (including phenoxy) is 2. The first-order valence-corrected chi connectivity index (χ1v) is 6.61. The number of benzene rings is 1. The lowest BCUT2D eigenvalue weighted by atomic mass is 10.0. The Morgan fingerprint density at radius 1 is 1.26 bits per heavy atom. The zero-order valence-corrected chi connectivity index (χ0v) is 12.5. The van der Waals surface area contributed by atoms with Gasteiger partial charge in [0.15, 0.2) is 11.5 Å². The third-order valence-electron chi connectivity index (χ3n) is 3.46. The average Bonchev–Trinajstić information content (AvgIpc) is 2.44. The van der Waals surface area contributed by atoms with E-state index in [0.717, 1.165) is 23.5 Å². The summed E-state index contributed by atoms with van der Waals surface area (Å²) in [7, 11) is 3.25. The molecule has 19 heavy (non-hydrogen) atoms. The molecule has 1 rings (SSSR count). The van der Waals surface area contributed by atoms with Crippen LogP contribution in [0, 0.1) is 0 Å². The Kier molecular flexibility index (Phi) is 5.63. The first kappa shape index (κ1) is 15.8. The minimum atomic E-state index is -0.676. The van der Waals surface area contributed by atoms with Gasteiger partial charge in [-0.25, -0.2) is 0 Å². The van der Waals surface area contributed by atoms with Gasteiger partial charge in [0.25, 0.3) is 0 Å². The van der Waals surface area contributed by atoms with Gasteiger partial charge >= 0.3 is 0 Å². The van der Waals surface area contributed by atoms with E-state index >= 15 is 0 Å². The van der Waals surface area contributed by atoms with Gasteiger partial charge in [0.05, 0.1) is 19.8 Å². The Hall–Kier alpha value is -1.26. The van der Waals surface area contributed by atoms with E-state index in [2.05, 4.69) is 12.2 Å². The number of hydrogen-bond donors (Lipinski definition) is 2. The van der Waals surface area contributed by atoms with Crippen molar-refractivity contribution < 1.29 is 14.6 Å². The summed E-state index contributed by atoms with van der Waals surface area (Å²) in [4.78, 5) is 0. The third-order valence-corrected chi connectivity index (χ3v) is 3.46. The lowest BCUT2D eigenvalue weighted by Crippen LogP contribution is -2.38. The monoisotopic (exact) mass is 267 g/mol. The van der Waals surface area contributed by atoms with Crippen molar-refractivity contribution in [3.63, 3.8) is 0 Å². The van der Waals surface area contributed by atoms with Gasteiger partial charge < -0.3 is 19.9 Å². The van der Waals surface area contributed by atoms with Crippen LogP contribution >= 0.6 is 0 Å². The van der Waals surface area contributed by atoms with Gasteiger partial charge in [0.1, 0.15) is 0 Å². The molecular formula is C15H25NO3. The molecule has 0 bridgehead atoms. The van der Waals surface area contributed by atoms with Crippen LogP contribution in [0.3, 0.4) is 0 Å². The zero-order chi connectivity index (χ0) is 14.5. The molecule has 0 heterocycles. The molecule has 4 heteroatoms. The molecule has 0 aliphatic carbocycles. The van der Waals surface area contributed by atoms with Gasteiger partial charge in [-0.05, 0) is 38.0 Å². The van der Waals surface area contributed by atoms with Crippen LogP contribution in [0.1, 0.15) is 38.8 Å². The van der Waals surface area contributed by atoms with E-state index in [0.29, 0.717) is 6.54 Å².